The molecule has 0 aromatic carbocycles. The Kier molecular flexibility index (Phi) is 12.8. The molecule has 6 fully saturated rings. The van der Waals surface area contributed by atoms with Gasteiger partial charge in [-0.1, -0.05) is 39.8 Å². The van der Waals surface area contributed by atoms with Gasteiger partial charge in [-0.2, -0.15) is 0 Å². The maximum absolute atomic E-state index is 12.6. The lowest BCUT2D eigenvalue weighted by Crippen LogP contribution is -2.70. The molecule has 5 saturated carbocycles. The second kappa shape index (κ2) is 16.2. The number of hydrogen-bond acceptors (Lipinski definition) is 13. The van der Waals surface area contributed by atoms with Crippen LogP contribution >= 0.6 is 0 Å². The van der Waals surface area contributed by atoms with Gasteiger partial charge in [0.25, 0.3) is 0 Å². The topological polar surface area (TPSA) is 208 Å². The molecule has 0 aromatic heterocycles. The normalized spacial score (nSPS) is 52.6. The van der Waals surface area contributed by atoms with E-state index in [1.54, 1.807) is 0 Å². The monoisotopic (exact) mass is 756 g/mol. The molecule has 13 nitrogen and oxygen atoms in total. The van der Waals surface area contributed by atoms with Crippen molar-refractivity contribution in [3.63, 3.8) is 0 Å². The first-order valence-electron chi connectivity index (χ1n) is 20.1. The van der Waals surface area contributed by atoms with E-state index in [0.29, 0.717) is 32.3 Å². The zero-order chi connectivity index (χ0) is 38.6. The summed E-state index contributed by atoms with van der Waals surface area (Å²) in [5, 5.41) is 88.6. The predicted octanol–water partition coefficient (Wildman–Crippen LogP) is 1.14. The summed E-state index contributed by atoms with van der Waals surface area (Å²) < 4.78 is 29.1. The van der Waals surface area contributed by atoms with Crippen molar-refractivity contribution in [2.24, 2.45) is 52.3 Å². The van der Waals surface area contributed by atoms with Crippen molar-refractivity contribution in [1.29, 1.82) is 0 Å². The Morgan fingerprint density at radius 1 is 0.830 bits per heavy atom. The molecule has 0 amide bonds. The molecule has 0 radical (unpaired) electrons. The van der Waals surface area contributed by atoms with E-state index < -0.39 is 96.1 Å². The summed E-state index contributed by atoms with van der Waals surface area (Å²) in [6.07, 6.45) is -0.409. The Morgan fingerprint density at radius 2 is 1.55 bits per heavy atom. The van der Waals surface area contributed by atoms with Crippen molar-refractivity contribution in [1.82, 2.24) is 0 Å². The minimum absolute atomic E-state index is 0.0906. The third-order valence-corrected chi connectivity index (χ3v) is 15.2. The first-order chi connectivity index (χ1) is 25.0. The minimum Gasteiger partial charge on any atom is -0.396 e. The predicted molar refractivity (Wildman–Crippen MR) is 192 cm³/mol. The quantitative estimate of drug-likeness (QED) is 0.132. The number of allylic oxidation sites excluding steroid dienone is 2. The smallest absolute Gasteiger partial charge is 0.187 e. The molecule has 1 aliphatic heterocycles. The van der Waals surface area contributed by atoms with Crippen LogP contribution in [0.1, 0.15) is 79.1 Å². The van der Waals surface area contributed by atoms with Crippen LogP contribution in [-0.2, 0) is 23.7 Å². The highest BCUT2D eigenvalue weighted by Crippen LogP contribution is 2.69. The summed E-state index contributed by atoms with van der Waals surface area (Å²) >= 11 is 0. The third-order valence-electron chi connectivity index (χ3n) is 15.2. The van der Waals surface area contributed by atoms with Crippen molar-refractivity contribution in [3.05, 3.63) is 12.2 Å². The van der Waals surface area contributed by atoms with Gasteiger partial charge in [0.05, 0.1) is 48.8 Å². The van der Waals surface area contributed by atoms with Gasteiger partial charge in [-0.05, 0) is 79.4 Å². The number of aliphatic hydroxyl groups excluding tert-OH is 7. The largest absolute Gasteiger partial charge is 0.396 e. The van der Waals surface area contributed by atoms with Gasteiger partial charge in [-0.3, -0.25) is 0 Å². The molecule has 8 N–H and O–H groups in total. The van der Waals surface area contributed by atoms with Crippen molar-refractivity contribution >= 4 is 0 Å². The summed E-state index contributed by atoms with van der Waals surface area (Å²) in [7, 11) is 2.94. The zero-order valence-corrected chi connectivity index (χ0v) is 32.4. The molecule has 13 heteroatoms. The van der Waals surface area contributed by atoms with E-state index in [1.807, 2.05) is 0 Å². The lowest BCUT2D eigenvalue weighted by Gasteiger charge is -2.66. The number of methoxy groups -OCH3 is 2. The fraction of sp³-hybridized carbons (Fsp3) is 0.950. The second-order valence-corrected chi connectivity index (χ2v) is 18.3. The minimum atomic E-state index is -1.27. The third kappa shape index (κ3) is 7.32. The summed E-state index contributed by atoms with van der Waals surface area (Å²) in [5.74, 6) is -1.15. The number of hydrogen-bond donors (Lipinski definition) is 8. The van der Waals surface area contributed by atoms with Gasteiger partial charge >= 0.3 is 0 Å². The number of fused-ring (bicyclic) bond motifs is 5. The Hall–Kier alpha value is -0.780. The molecule has 0 aromatic rings. The number of rotatable bonds is 12. The molecule has 0 bridgehead atoms. The molecule has 306 valence electrons. The average molecular weight is 757 g/mol. The SMILES string of the molecule is CO[C@H]1[C@H](O[C@H]2[C@H](O)[C@@H](CO)C[C@@H]2OC[C@H](C)C/C=C/[C@@H](C)[C@H]2C[C@@H](O)C3[C@]4(O)C[C@H](O)C5[C@@H](O)[C@@H](O)CC[C@]5(C)C4CC[C@@]32C)OC[C@@H](OC)[C@@H]1O. The lowest BCUT2D eigenvalue weighted by atomic mass is 9.41. The zero-order valence-electron chi connectivity index (χ0n) is 32.4. The fourth-order valence-electron chi connectivity index (χ4n) is 12.5. The summed E-state index contributed by atoms with van der Waals surface area (Å²) in [4.78, 5) is 0. The van der Waals surface area contributed by atoms with Gasteiger partial charge in [0, 0.05) is 51.6 Å². The molecule has 1 heterocycles. The Bertz CT molecular complexity index is 1250. The Labute approximate surface area is 314 Å². The van der Waals surface area contributed by atoms with Crippen LogP contribution in [0.4, 0.5) is 0 Å². The van der Waals surface area contributed by atoms with Crippen LogP contribution < -0.4 is 0 Å². The average Bonchev–Trinajstić information content (AvgIpc) is 3.57. The van der Waals surface area contributed by atoms with Crippen molar-refractivity contribution in [2.75, 3.05) is 34.0 Å². The fourth-order valence-corrected chi connectivity index (χ4v) is 12.5. The molecule has 3 unspecified atom stereocenters. The van der Waals surface area contributed by atoms with Gasteiger partial charge in [0.15, 0.2) is 6.29 Å². The van der Waals surface area contributed by atoms with Crippen molar-refractivity contribution < 1.29 is 64.5 Å². The van der Waals surface area contributed by atoms with Gasteiger partial charge < -0.3 is 64.5 Å². The highest BCUT2D eigenvalue weighted by atomic mass is 16.7. The number of aliphatic hydroxyl groups is 8. The molecule has 1 saturated heterocycles. The van der Waals surface area contributed by atoms with Gasteiger partial charge in [-0.15, -0.1) is 0 Å². The second-order valence-electron chi connectivity index (χ2n) is 18.3. The first kappa shape index (κ1) is 41.8. The molecular formula is C40H68O13. The first-order valence-corrected chi connectivity index (χ1v) is 20.1. The standard InChI is InChI=1S/C40H68O13/c1-20(18-51-27-14-22(17-41)31(45)34(27)53-37-35(50-6)33(47)28(49-5)19-52-37)8-7-9-21(2)23-15-25(43)36-38(23,3)13-11-29-39(4)12-10-24(42)32(46)30(39)26(44)16-40(29,36)48/h7,9,20-37,41-48H,8,10-19H2,1-6H3/b9-7+/t20-,21-,22-,23-,24+,25-,26+,27+,28-,29?,30?,31-,32+,33+,34-,35-,36?,37+,38-,39-,40+/m1/s1. The van der Waals surface area contributed by atoms with Crippen LogP contribution in [0.15, 0.2) is 12.2 Å². The number of ether oxygens (including phenoxy) is 5. The molecule has 6 aliphatic rings. The van der Waals surface area contributed by atoms with E-state index >= 15 is 0 Å². The van der Waals surface area contributed by atoms with E-state index in [1.165, 1.54) is 14.2 Å². The van der Waals surface area contributed by atoms with Crippen LogP contribution in [0, 0.1) is 52.3 Å². The summed E-state index contributed by atoms with van der Waals surface area (Å²) in [6.45, 7) is 8.79. The van der Waals surface area contributed by atoms with Gasteiger partial charge in [0.2, 0.25) is 0 Å². The molecule has 21 atom stereocenters. The lowest BCUT2D eigenvalue weighted by molar-refractivity contribution is -0.303. The van der Waals surface area contributed by atoms with Crippen molar-refractivity contribution in [2.45, 2.75) is 152 Å². The van der Waals surface area contributed by atoms with Gasteiger partial charge in [0.1, 0.15) is 24.4 Å². The summed E-state index contributed by atoms with van der Waals surface area (Å²) in [6, 6.07) is 0. The molecule has 53 heavy (non-hydrogen) atoms. The maximum atomic E-state index is 12.6. The van der Waals surface area contributed by atoms with E-state index in [-0.39, 0.29) is 48.7 Å². The molecule has 6 rings (SSSR count). The van der Waals surface area contributed by atoms with Crippen LogP contribution in [0.2, 0.25) is 0 Å². The van der Waals surface area contributed by atoms with E-state index in [4.69, 9.17) is 23.7 Å². The highest BCUT2D eigenvalue weighted by Gasteiger charge is 2.71. The van der Waals surface area contributed by atoms with E-state index in [9.17, 15) is 40.9 Å². The van der Waals surface area contributed by atoms with Gasteiger partial charge in [-0.25, -0.2) is 0 Å². The van der Waals surface area contributed by atoms with E-state index in [0.717, 1.165) is 19.3 Å². The van der Waals surface area contributed by atoms with Crippen LogP contribution in [-0.4, -0.2) is 148 Å². The van der Waals surface area contributed by atoms with E-state index in [2.05, 4.69) is 39.8 Å². The maximum Gasteiger partial charge on any atom is 0.187 e. The Balaban J connectivity index is 1.06. The Morgan fingerprint density at radius 3 is 2.23 bits per heavy atom. The van der Waals surface area contributed by atoms with Crippen LogP contribution in [0.25, 0.3) is 0 Å². The molecule has 0 spiro atoms. The highest BCUT2D eigenvalue weighted by molar-refractivity contribution is 5.21. The summed E-state index contributed by atoms with van der Waals surface area (Å²) in [5.41, 5.74) is -2.15. The molecular weight excluding hydrogens is 688 g/mol. The van der Waals surface area contributed by atoms with Crippen LogP contribution in [0.5, 0.6) is 0 Å². The van der Waals surface area contributed by atoms with Crippen molar-refractivity contribution in [3.8, 4) is 0 Å². The molecule has 5 aliphatic carbocycles. The van der Waals surface area contributed by atoms with Crippen LogP contribution in [0.3, 0.4) is 0 Å².